The number of nitrogens with zero attached hydrogens (tertiary/aromatic N) is 6. The molecule has 1 aromatic carbocycles. The first-order valence-corrected chi connectivity index (χ1v) is 11.6. The summed E-state index contributed by atoms with van der Waals surface area (Å²) in [6.07, 6.45) is 1.97. The van der Waals surface area contributed by atoms with Crippen molar-refractivity contribution in [3.63, 3.8) is 0 Å². The smallest absolute Gasteiger partial charge is 0.267 e. The third-order valence-electron chi connectivity index (χ3n) is 6.33. The van der Waals surface area contributed by atoms with Crippen LogP contribution in [0.15, 0.2) is 65.6 Å². The molecule has 1 amide bonds. The van der Waals surface area contributed by atoms with Crippen molar-refractivity contribution in [1.29, 1.82) is 0 Å². The summed E-state index contributed by atoms with van der Waals surface area (Å²) in [6.45, 7) is 8.50. The molecule has 0 spiro atoms. The van der Waals surface area contributed by atoms with Crippen molar-refractivity contribution >= 4 is 17.1 Å². The van der Waals surface area contributed by atoms with E-state index in [0.29, 0.717) is 18.8 Å². The van der Waals surface area contributed by atoms with Gasteiger partial charge in [-0.15, -0.1) is 0 Å². The molecule has 174 valence electrons. The minimum atomic E-state index is -0.125. The maximum absolute atomic E-state index is 12.4. The Balaban J connectivity index is 1.65. The molecule has 0 aliphatic carbocycles. The molecular formula is C26H28N6O2. The summed E-state index contributed by atoms with van der Waals surface area (Å²) in [5.74, 6) is 0.118. The van der Waals surface area contributed by atoms with Crippen LogP contribution in [-0.2, 0) is 4.79 Å². The second kappa shape index (κ2) is 8.78. The van der Waals surface area contributed by atoms with E-state index in [-0.39, 0.29) is 17.5 Å². The van der Waals surface area contributed by atoms with E-state index in [1.165, 1.54) is 4.68 Å². The first-order valence-electron chi connectivity index (χ1n) is 11.6. The molecule has 0 saturated carbocycles. The number of aromatic nitrogens is 4. The fourth-order valence-corrected chi connectivity index (χ4v) is 4.49. The van der Waals surface area contributed by atoms with Crippen LogP contribution in [0.3, 0.4) is 0 Å². The molecule has 1 aliphatic heterocycles. The summed E-state index contributed by atoms with van der Waals surface area (Å²) in [5, 5.41) is 9.61. The highest BCUT2D eigenvalue weighted by Crippen LogP contribution is 2.35. The lowest BCUT2D eigenvalue weighted by atomic mass is 10.0. The molecule has 1 saturated heterocycles. The SMILES string of the molecule is CC(=O)N1CCN(c2ccn3nc(-c4ccccc4)c(-c4ccc(=O)n(C(C)C)n4)c3c2)CC1. The van der Waals surface area contributed by atoms with Crippen LogP contribution in [-0.4, -0.2) is 56.4 Å². The van der Waals surface area contributed by atoms with Gasteiger partial charge in [-0.05, 0) is 32.0 Å². The Morgan fingerprint density at radius 1 is 0.941 bits per heavy atom. The Hall–Kier alpha value is -3.94. The molecule has 0 radical (unpaired) electrons. The van der Waals surface area contributed by atoms with Crippen LogP contribution in [0.2, 0.25) is 0 Å². The Bertz CT molecular complexity index is 1400. The number of carbonyl (C=O) groups is 1. The van der Waals surface area contributed by atoms with E-state index in [9.17, 15) is 9.59 Å². The molecule has 4 aromatic rings. The van der Waals surface area contributed by atoms with E-state index in [1.54, 1.807) is 19.1 Å². The van der Waals surface area contributed by atoms with Crippen molar-refractivity contribution in [1.82, 2.24) is 24.3 Å². The lowest BCUT2D eigenvalue weighted by Crippen LogP contribution is -2.48. The summed E-state index contributed by atoms with van der Waals surface area (Å²) in [7, 11) is 0. The lowest BCUT2D eigenvalue weighted by molar-refractivity contribution is -0.129. The van der Waals surface area contributed by atoms with Crippen LogP contribution in [0.4, 0.5) is 5.69 Å². The fraction of sp³-hybridized carbons (Fsp3) is 0.308. The molecule has 5 rings (SSSR count). The molecule has 4 heterocycles. The largest absolute Gasteiger partial charge is 0.368 e. The average Bonchev–Trinajstić information content (AvgIpc) is 3.23. The van der Waals surface area contributed by atoms with Crippen LogP contribution in [0.25, 0.3) is 28.0 Å². The summed E-state index contributed by atoms with van der Waals surface area (Å²) < 4.78 is 3.39. The van der Waals surface area contributed by atoms with Crippen molar-refractivity contribution in [2.45, 2.75) is 26.8 Å². The third kappa shape index (κ3) is 3.96. The van der Waals surface area contributed by atoms with Crippen molar-refractivity contribution in [2.24, 2.45) is 0 Å². The number of hydrogen-bond acceptors (Lipinski definition) is 5. The van der Waals surface area contributed by atoms with E-state index in [0.717, 1.165) is 41.1 Å². The number of fused-ring (bicyclic) bond motifs is 1. The normalized spacial score (nSPS) is 14.2. The number of piperazine rings is 1. The molecule has 0 N–H and O–H groups in total. The van der Waals surface area contributed by atoms with Crippen LogP contribution in [0.5, 0.6) is 0 Å². The molecular weight excluding hydrogens is 428 g/mol. The van der Waals surface area contributed by atoms with Gasteiger partial charge < -0.3 is 9.80 Å². The Morgan fingerprint density at radius 2 is 1.68 bits per heavy atom. The molecule has 34 heavy (non-hydrogen) atoms. The fourth-order valence-electron chi connectivity index (χ4n) is 4.49. The highest BCUT2D eigenvalue weighted by molar-refractivity contribution is 5.91. The van der Waals surface area contributed by atoms with Gasteiger partial charge in [0.05, 0.1) is 22.8 Å². The lowest BCUT2D eigenvalue weighted by Gasteiger charge is -2.35. The average molecular weight is 457 g/mol. The predicted octanol–water partition coefficient (Wildman–Crippen LogP) is 3.47. The molecule has 1 aliphatic rings. The summed E-state index contributed by atoms with van der Waals surface area (Å²) in [6, 6.07) is 17.5. The Labute approximate surface area is 198 Å². The van der Waals surface area contributed by atoms with Gasteiger partial charge >= 0.3 is 0 Å². The van der Waals surface area contributed by atoms with E-state index < -0.39 is 0 Å². The zero-order chi connectivity index (χ0) is 23.8. The Morgan fingerprint density at radius 3 is 2.35 bits per heavy atom. The monoisotopic (exact) mass is 456 g/mol. The van der Waals surface area contributed by atoms with Gasteiger partial charge in [0, 0.05) is 56.6 Å². The number of pyridine rings is 1. The standard InChI is InChI=1S/C26H28N6O2/c1-18(2)32-24(34)10-9-22(27-32)25-23-17-21(30-15-13-29(14-16-30)19(3)33)11-12-31(23)28-26(25)20-7-5-4-6-8-20/h4-12,17-18H,13-16H2,1-3H3. The number of amides is 1. The van der Waals surface area contributed by atoms with E-state index >= 15 is 0 Å². The maximum Gasteiger partial charge on any atom is 0.267 e. The Kier molecular flexibility index (Phi) is 5.65. The number of anilines is 1. The van der Waals surface area contributed by atoms with Gasteiger partial charge in [-0.3, -0.25) is 9.59 Å². The van der Waals surface area contributed by atoms with E-state index in [1.807, 2.05) is 59.8 Å². The van der Waals surface area contributed by atoms with Gasteiger partial charge in [0.2, 0.25) is 5.91 Å². The van der Waals surface area contributed by atoms with Gasteiger partial charge in [-0.1, -0.05) is 30.3 Å². The number of benzene rings is 1. The number of carbonyl (C=O) groups excluding carboxylic acids is 1. The van der Waals surface area contributed by atoms with E-state index in [2.05, 4.69) is 17.0 Å². The highest BCUT2D eigenvalue weighted by atomic mass is 16.2. The van der Waals surface area contributed by atoms with Gasteiger partial charge in [0.25, 0.3) is 5.56 Å². The quantitative estimate of drug-likeness (QED) is 0.470. The number of rotatable bonds is 4. The first-order chi connectivity index (χ1) is 16.4. The van der Waals surface area contributed by atoms with Crippen LogP contribution in [0, 0.1) is 0 Å². The zero-order valence-electron chi connectivity index (χ0n) is 19.7. The second-order valence-corrected chi connectivity index (χ2v) is 8.89. The third-order valence-corrected chi connectivity index (χ3v) is 6.33. The van der Waals surface area contributed by atoms with Crippen LogP contribution < -0.4 is 10.5 Å². The van der Waals surface area contributed by atoms with Crippen LogP contribution in [0.1, 0.15) is 26.8 Å². The minimum Gasteiger partial charge on any atom is -0.368 e. The van der Waals surface area contributed by atoms with E-state index in [4.69, 9.17) is 10.2 Å². The van der Waals surface area contributed by atoms with Crippen molar-refractivity contribution < 1.29 is 4.79 Å². The molecule has 0 unspecified atom stereocenters. The molecule has 1 fully saturated rings. The van der Waals surface area contributed by atoms with Gasteiger partial charge in [-0.2, -0.15) is 10.2 Å². The van der Waals surface area contributed by atoms with Crippen LogP contribution >= 0.6 is 0 Å². The molecule has 8 heteroatoms. The number of hydrogen-bond donors (Lipinski definition) is 0. The molecule has 8 nitrogen and oxygen atoms in total. The van der Waals surface area contributed by atoms with Gasteiger partial charge in [-0.25, -0.2) is 9.20 Å². The van der Waals surface area contributed by atoms with Crippen molar-refractivity contribution in [3.8, 4) is 22.5 Å². The first kappa shape index (κ1) is 21.9. The molecule has 0 bridgehead atoms. The highest BCUT2D eigenvalue weighted by Gasteiger charge is 2.22. The van der Waals surface area contributed by atoms with Gasteiger partial charge in [0.1, 0.15) is 5.69 Å². The van der Waals surface area contributed by atoms with Crippen molar-refractivity contribution in [3.05, 3.63) is 71.1 Å². The topological polar surface area (TPSA) is 75.7 Å². The maximum atomic E-state index is 12.4. The summed E-state index contributed by atoms with van der Waals surface area (Å²) >= 11 is 0. The summed E-state index contributed by atoms with van der Waals surface area (Å²) in [4.78, 5) is 28.3. The summed E-state index contributed by atoms with van der Waals surface area (Å²) in [5.41, 5.74) is 5.29. The molecule has 3 aromatic heterocycles. The predicted molar refractivity (Wildman–Crippen MR) is 133 cm³/mol. The second-order valence-electron chi connectivity index (χ2n) is 8.89. The van der Waals surface area contributed by atoms with Gasteiger partial charge in [0.15, 0.2) is 0 Å². The van der Waals surface area contributed by atoms with Crippen molar-refractivity contribution in [2.75, 3.05) is 31.1 Å². The zero-order valence-corrected chi connectivity index (χ0v) is 19.7. The minimum absolute atomic E-state index is 0.0532. The molecule has 0 atom stereocenters.